The number of nitrogens with one attached hydrogen (secondary N) is 1. The van der Waals surface area contributed by atoms with Crippen LogP contribution in [0.4, 0.5) is 0 Å². The van der Waals surface area contributed by atoms with E-state index in [1.54, 1.807) is 0 Å². The van der Waals surface area contributed by atoms with Gasteiger partial charge in [-0.05, 0) is 0 Å². The third kappa shape index (κ3) is 8.13. The lowest BCUT2D eigenvalue weighted by atomic mass is 9.98. The maximum absolute atomic E-state index is 11.7. The lowest BCUT2D eigenvalue weighted by Crippen LogP contribution is -2.63. The summed E-state index contributed by atoms with van der Waals surface area (Å²) in [6.45, 7) is 3.86. The Balaban J connectivity index is 3.37. The van der Waals surface area contributed by atoms with Gasteiger partial charge in [0.2, 0.25) is 18.3 Å². The number of carbonyl (C=O) groups excluding carboxylic acids is 4. The van der Waals surface area contributed by atoms with Crippen molar-refractivity contribution in [1.29, 1.82) is 5.41 Å². The van der Waals surface area contributed by atoms with Gasteiger partial charge in [0.05, 0.1) is 0 Å². The van der Waals surface area contributed by atoms with Gasteiger partial charge in [0, 0.05) is 27.7 Å². The second kappa shape index (κ2) is 11.0. The topological polar surface area (TPSA) is 148 Å². The molecule has 0 saturated carbocycles. The third-order valence-electron chi connectivity index (χ3n) is 3.44. The lowest BCUT2D eigenvalue weighted by Gasteiger charge is -2.44. The zero-order valence-electron chi connectivity index (χ0n) is 16.3. The van der Waals surface area contributed by atoms with Crippen LogP contribution in [0.2, 0.25) is 0 Å². The summed E-state index contributed by atoms with van der Waals surface area (Å²) in [5.41, 5.74) is 0. The summed E-state index contributed by atoms with van der Waals surface area (Å²) in [5, 5.41) is 7.74. The van der Waals surface area contributed by atoms with Crippen molar-refractivity contribution in [3.8, 4) is 0 Å². The molecule has 0 aromatic carbocycles. The molecule has 0 aromatic heterocycles. The molecular weight excluding hydrogens is 473 g/mol. The van der Waals surface area contributed by atoms with E-state index in [0.29, 0.717) is 0 Å². The number of rotatable bonds is 6. The molecule has 0 aromatic rings. The Morgan fingerprint density at radius 1 is 0.800 bits per heavy atom. The van der Waals surface area contributed by atoms with Gasteiger partial charge in [0.15, 0.2) is 12.2 Å². The van der Waals surface area contributed by atoms with Crippen molar-refractivity contribution in [2.24, 2.45) is 0 Å². The summed E-state index contributed by atoms with van der Waals surface area (Å²) in [6, 6.07) is 0. The van der Waals surface area contributed by atoms with E-state index in [1.807, 2.05) is 0 Å². The maximum atomic E-state index is 11.7. The molecule has 1 aliphatic rings. The molecule has 1 rings (SSSR count). The highest BCUT2D eigenvalue weighted by Crippen LogP contribution is 2.33. The van der Waals surface area contributed by atoms with Crippen molar-refractivity contribution < 1.29 is 47.6 Å². The van der Waals surface area contributed by atoms with Crippen molar-refractivity contribution in [3.05, 3.63) is 0 Å². The minimum absolute atomic E-state index is 0.460. The molecule has 14 heteroatoms. The fraction of sp³-hybridized carbons (Fsp3) is 0.688. The van der Waals surface area contributed by atoms with Crippen LogP contribution in [-0.2, 0) is 47.6 Å². The molecule has 1 aliphatic heterocycles. The van der Waals surface area contributed by atoms with Crippen molar-refractivity contribution in [1.82, 2.24) is 0 Å². The molecule has 1 saturated heterocycles. The molecule has 2 unspecified atom stereocenters. The molecule has 1 N–H and O–H groups in total. The molecule has 0 radical (unpaired) electrons. The summed E-state index contributed by atoms with van der Waals surface area (Å²) in [7, 11) is 0. The van der Waals surface area contributed by atoms with Crippen LogP contribution < -0.4 is 0 Å². The van der Waals surface area contributed by atoms with Gasteiger partial charge in [0.1, 0.15) is 12.7 Å². The standard InChI is InChI=1S/C16H20Cl3NO10/c1-6(21)25-5-10-11(26-7(2)22)12(27-8(3)23)13(28-9(4)24)14(29-10)30-15(20)16(17,18)19/h10-14,20H,5H2,1-4H3/t10?,11-,12-,13?,14-/m0/s1. The van der Waals surface area contributed by atoms with Gasteiger partial charge in [-0.15, -0.1) is 0 Å². The van der Waals surface area contributed by atoms with E-state index in [-0.39, 0.29) is 0 Å². The van der Waals surface area contributed by atoms with E-state index in [0.717, 1.165) is 27.7 Å². The summed E-state index contributed by atoms with van der Waals surface area (Å²) >= 11 is 16.8. The summed E-state index contributed by atoms with van der Waals surface area (Å²) in [6.07, 6.45) is -7.25. The van der Waals surface area contributed by atoms with Crippen molar-refractivity contribution in [3.63, 3.8) is 0 Å². The molecule has 0 aliphatic carbocycles. The average Bonchev–Trinajstić information content (AvgIpc) is 2.56. The molecule has 0 amide bonds. The first-order chi connectivity index (χ1) is 13.7. The highest BCUT2D eigenvalue weighted by molar-refractivity contribution is 6.76. The summed E-state index contributed by atoms with van der Waals surface area (Å²) in [4.78, 5) is 46.1. The number of hydrogen-bond acceptors (Lipinski definition) is 11. The van der Waals surface area contributed by atoms with E-state index in [4.69, 9.17) is 68.6 Å². The van der Waals surface area contributed by atoms with Crippen molar-refractivity contribution >= 4 is 64.6 Å². The Kier molecular flexibility index (Phi) is 9.60. The van der Waals surface area contributed by atoms with Crippen LogP contribution in [0.25, 0.3) is 0 Å². The quantitative estimate of drug-likeness (QED) is 0.190. The zero-order chi connectivity index (χ0) is 23.2. The molecule has 0 bridgehead atoms. The zero-order valence-corrected chi connectivity index (χ0v) is 18.6. The van der Waals surface area contributed by atoms with E-state index in [9.17, 15) is 19.2 Å². The Morgan fingerprint density at radius 3 is 1.70 bits per heavy atom. The SMILES string of the molecule is CC(=O)OCC1O[C@@H](OC(=N)C(Cl)(Cl)Cl)C(OC(C)=O)[C@@H](OC(C)=O)[C@H]1OC(C)=O. The molecule has 1 fully saturated rings. The van der Waals surface area contributed by atoms with Crippen LogP contribution in [0.15, 0.2) is 0 Å². The fourth-order valence-corrected chi connectivity index (χ4v) is 2.60. The molecule has 5 atom stereocenters. The first-order valence-corrected chi connectivity index (χ1v) is 9.48. The minimum atomic E-state index is -2.29. The Morgan fingerprint density at radius 2 is 1.27 bits per heavy atom. The first kappa shape index (κ1) is 26.2. The van der Waals surface area contributed by atoms with Gasteiger partial charge in [-0.3, -0.25) is 24.6 Å². The van der Waals surface area contributed by atoms with Crippen LogP contribution in [0, 0.1) is 5.41 Å². The molecule has 11 nitrogen and oxygen atoms in total. The van der Waals surface area contributed by atoms with Crippen molar-refractivity contribution in [2.45, 2.75) is 62.2 Å². The number of alkyl halides is 3. The second-order valence-electron chi connectivity index (χ2n) is 6.01. The Hall–Kier alpha value is -1.82. The van der Waals surface area contributed by atoms with Gasteiger partial charge >= 0.3 is 23.9 Å². The van der Waals surface area contributed by atoms with Gasteiger partial charge in [-0.25, -0.2) is 0 Å². The highest BCUT2D eigenvalue weighted by atomic mass is 35.6. The first-order valence-electron chi connectivity index (χ1n) is 8.35. The van der Waals surface area contributed by atoms with Crippen LogP contribution in [0.1, 0.15) is 27.7 Å². The highest BCUT2D eigenvalue weighted by Gasteiger charge is 2.54. The maximum Gasteiger partial charge on any atom is 0.303 e. The van der Waals surface area contributed by atoms with Gasteiger partial charge in [0.25, 0.3) is 3.79 Å². The smallest absolute Gasteiger partial charge is 0.303 e. The van der Waals surface area contributed by atoms with Crippen molar-refractivity contribution in [2.75, 3.05) is 6.61 Å². The predicted molar refractivity (Wildman–Crippen MR) is 101 cm³/mol. The number of esters is 4. The van der Waals surface area contributed by atoms with Gasteiger partial charge in [-0.2, -0.15) is 0 Å². The van der Waals surface area contributed by atoms with Crippen LogP contribution in [0.3, 0.4) is 0 Å². The van der Waals surface area contributed by atoms with E-state index >= 15 is 0 Å². The van der Waals surface area contributed by atoms with Gasteiger partial charge < -0.3 is 28.4 Å². The Labute approximate surface area is 186 Å². The number of hydrogen-bond donors (Lipinski definition) is 1. The van der Waals surface area contributed by atoms with E-state index < -0.39 is 70.9 Å². The minimum Gasteiger partial charge on any atom is -0.463 e. The Bertz CT molecular complexity index is 695. The van der Waals surface area contributed by atoms with Crippen LogP contribution in [0.5, 0.6) is 0 Å². The molecule has 0 spiro atoms. The second-order valence-corrected chi connectivity index (χ2v) is 8.29. The number of ether oxygens (including phenoxy) is 6. The van der Waals surface area contributed by atoms with Crippen LogP contribution in [-0.4, -0.2) is 70.9 Å². The summed E-state index contributed by atoms with van der Waals surface area (Å²) < 4.78 is 28.9. The normalized spacial score (nSPS) is 26.2. The van der Waals surface area contributed by atoms with E-state index in [1.165, 1.54) is 0 Å². The monoisotopic (exact) mass is 491 g/mol. The summed E-state index contributed by atoms with van der Waals surface area (Å²) in [5.74, 6) is -4.03. The van der Waals surface area contributed by atoms with Gasteiger partial charge in [-0.1, -0.05) is 34.8 Å². The average molecular weight is 493 g/mol. The molecular formula is C16H20Cl3NO10. The van der Waals surface area contributed by atoms with E-state index in [2.05, 4.69) is 0 Å². The predicted octanol–water partition coefficient (Wildman–Crippen LogP) is 1.43. The molecule has 1 heterocycles. The largest absolute Gasteiger partial charge is 0.463 e. The number of carbonyl (C=O) groups is 4. The fourth-order valence-electron chi connectivity index (χ4n) is 2.47. The lowest BCUT2D eigenvalue weighted by molar-refractivity contribution is -0.292. The third-order valence-corrected chi connectivity index (χ3v) is 3.95. The molecule has 30 heavy (non-hydrogen) atoms. The molecule has 170 valence electrons. The number of halogens is 3. The van der Waals surface area contributed by atoms with Crippen LogP contribution >= 0.6 is 34.8 Å².